The van der Waals surface area contributed by atoms with E-state index in [1.807, 2.05) is 53.4 Å². The molecule has 1 N–H and O–H groups in total. The number of rotatable bonds is 3. The zero-order chi connectivity index (χ0) is 22.1. The number of aliphatic hydroxyl groups is 1. The number of aromatic nitrogens is 1. The van der Waals surface area contributed by atoms with Crippen molar-refractivity contribution in [1.82, 2.24) is 9.88 Å². The summed E-state index contributed by atoms with van der Waals surface area (Å²) in [6.45, 7) is 1.09. The second kappa shape index (κ2) is 8.75. The van der Waals surface area contributed by atoms with E-state index < -0.39 is 6.10 Å². The Morgan fingerprint density at radius 3 is 2.72 bits per heavy atom. The fourth-order valence-corrected chi connectivity index (χ4v) is 4.92. The van der Waals surface area contributed by atoms with E-state index in [-0.39, 0.29) is 5.91 Å². The third-order valence-electron chi connectivity index (χ3n) is 6.52. The number of carbonyl (C=O) groups excluding carboxylic acids is 1. The summed E-state index contributed by atoms with van der Waals surface area (Å²) in [6.07, 6.45) is 6.08. The number of ether oxygens (including phenoxy) is 1. The Labute approximate surface area is 188 Å². The highest BCUT2D eigenvalue weighted by molar-refractivity contribution is 6.09. The van der Waals surface area contributed by atoms with Gasteiger partial charge in [-0.2, -0.15) is 0 Å². The molecular weight excluding hydrogens is 400 g/mol. The lowest BCUT2D eigenvalue weighted by molar-refractivity contribution is 0.0474. The van der Waals surface area contributed by atoms with Gasteiger partial charge >= 0.3 is 0 Å². The molecule has 0 spiro atoms. The molecule has 1 aromatic heterocycles. The average molecular weight is 429 g/mol. The minimum atomic E-state index is -0.442. The van der Waals surface area contributed by atoms with E-state index in [9.17, 15) is 9.90 Å². The molecule has 2 aliphatic rings. The molecule has 2 aromatic carbocycles. The number of nitrogens with zero attached hydrogens (tertiary/aromatic N) is 2. The molecule has 1 atom stereocenters. The van der Waals surface area contributed by atoms with Crippen LogP contribution in [0.1, 0.15) is 52.9 Å². The molecule has 1 aliphatic heterocycles. The molecule has 164 valence electrons. The summed E-state index contributed by atoms with van der Waals surface area (Å²) in [5.41, 5.74) is 5.84. The molecule has 3 aromatic rings. The Bertz CT molecular complexity index is 1180. The number of pyridine rings is 1. The Morgan fingerprint density at radius 2 is 1.94 bits per heavy atom. The highest BCUT2D eigenvalue weighted by Crippen LogP contribution is 2.37. The van der Waals surface area contributed by atoms with Crippen LogP contribution >= 0.6 is 0 Å². The topological polar surface area (TPSA) is 62.7 Å². The maximum Gasteiger partial charge on any atom is 0.254 e. The molecule has 32 heavy (non-hydrogen) atoms. The van der Waals surface area contributed by atoms with Crippen molar-refractivity contribution >= 4 is 28.5 Å². The van der Waals surface area contributed by atoms with E-state index in [1.165, 1.54) is 0 Å². The van der Waals surface area contributed by atoms with Gasteiger partial charge in [-0.15, -0.1) is 0 Å². The zero-order valence-corrected chi connectivity index (χ0v) is 18.4. The predicted molar refractivity (Wildman–Crippen MR) is 127 cm³/mol. The normalized spacial score (nSPS) is 19.8. The van der Waals surface area contributed by atoms with Crippen LogP contribution < -0.4 is 4.74 Å². The second-order valence-corrected chi connectivity index (χ2v) is 8.67. The van der Waals surface area contributed by atoms with Crippen molar-refractivity contribution in [1.29, 1.82) is 0 Å². The molecule has 1 fully saturated rings. The number of para-hydroxylation sites is 1. The minimum Gasteiger partial charge on any atom is -0.497 e. The van der Waals surface area contributed by atoms with Gasteiger partial charge in [0.05, 0.1) is 30.0 Å². The third kappa shape index (κ3) is 3.89. The summed E-state index contributed by atoms with van der Waals surface area (Å²) in [5, 5.41) is 11.1. The van der Waals surface area contributed by atoms with Gasteiger partial charge in [-0.25, -0.2) is 4.98 Å². The predicted octanol–water partition coefficient (Wildman–Crippen LogP) is 4.72. The van der Waals surface area contributed by atoms with Gasteiger partial charge in [0.15, 0.2) is 0 Å². The van der Waals surface area contributed by atoms with Crippen LogP contribution in [0.4, 0.5) is 0 Å². The molecule has 5 rings (SSSR count). The van der Waals surface area contributed by atoms with E-state index in [2.05, 4.69) is 6.08 Å². The molecular formula is C27H28N2O3. The summed E-state index contributed by atoms with van der Waals surface area (Å²) in [4.78, 5) is 20.6. The van der Waals surface area contributed by atoms with Gasteiger partial charge in [-0.3, -0.25) is 4.79 Å². The van der Waals surface area contributed by atoms with Gasteiger partial charge < -0.3 is 14.7 Å². The number of hydrogen-bond donors (Lipinski definition) is 1. The van der Waals surface area contributed by atoms with E-state index in [4.69, 9.17) is 9.72 Å². The second-order valence-electron chi connectivity index (χ2n) is 8.67. The molecule has 5 heteroatoms. The summed E-state index contributed by atoms with van der Waals surface area (Å²) in [5.74, 6) is 0.848. The summed E-state index contributed by atoms with van der Waals surface area (Å²) < 4.78 is 5.28. The Balaban J connectivity index is 1.63. The SMILES string of the molecule is COc1ccc(/C=C2/CCCc3c2nc2ccccc2c3C(=O)N2CCCC(O)C2)cc1. The Morgan fingerprint density at radius 1 is 1.12 bits per heavy atom. The number of β-amino-alcohol motifs (C(OH)–C–C–N with tert-alkyl or cyclic N) is 1. The summed E-state index contributed by atoms with van der Waals surface area (Å²) >= 11 is 0. The van der Waals surface area contributed by atoms with Crippen molar-refractivity contribution in [2.24, 2.45) is 0 Å². The van der Waals surface area contributed by atoms with Crippen LogP contribution in [0.25, 0.3) is 22.6 Å². The van der Waals surface area contributed by atoms with Gasteiger partial charge in [-0.05, 0) is 73.1 Å². The van der Waals surface area contributed by atoms with Gasteiger partial charge in [0.1, 0.15) is 5.75 Å². The lowest BCUT2D eigenvalue weighted by Gasteiger charge is -2.32. The number of hydrogen-bond acceptors (Lipinski definition) is 4. The summed E-state index contributed by atoms with van der Waals surface area (Å²) in [7, 11) is 1.67. The first-order valence-electron chi connectivity index (χ1n) is 11.4. The van der Waals surface area contributed by atoms with Crippen molar-refractivity contribution in [2.45, 2.75) is 38.2 Å². The number of allylic oxidation sites excluding steroid dienone is 1. The van der Waals surface area contributed by atoms with Crippen LogP contribution in [0.5, 0.6) is 5.75 Å². The van der Waals surface area contributed by atoms with Gasteiger partial charge in [0.25, 0.3) is 5.91 Å². The number of methoxy groups -OCH3 is 1. The number of fused-ring (bicyclic) bond motifs is 2. The van der Waals surface area contributed by atoms with Crippen LogP contribution in [0.3, 0.4) is 0 Å². The molecule has 0 bridgehead atoms. The molecule has 1 amide bonds. The summed E-state index contributed by atoms with van der Waals surface area (Å²) in [6, 6.07) is 15.9. The fraction of sp³-hybridized carbons (Fsp3) is 0.333. The maximum absolute atomic E-state index is 13.7. The van der Waals surface area contributed by atoms with Crippen LogP contribution in [-0.4, -0.2) is 47.2 Å². The van der Waals surface area contributed by atoms with Crippen molar-refractivity contribution in [3.05, 3.63) is 70.9 Å². The van der Waals surface area contributed by atoms with E-state index in [0.29, 0.717) is 13.1 Å². The fourth-order valence-electron chi connectivity index (χ4n) is 4.92. The van der Waals surface area contributed by atoms with Gasteiger partial charge in [0, 0.05) is 18.5 Å². The zero-order valence-electron chi connectivity index (χ0n) is 18.4. The minimum absolute atomic E-state index is 0.0179. The number of carbonyl (C=O) groups is 1. The standard InChI is InChI=1S/C27H28N2O3/c1-32-21-13-11-18(12-14-21)16-19-6-4-9-23-25(27(31)29-15-5-7-20(30)17-29)22-8-2-3-10-24(22)28-26(19)23/h2-3,8,10-14,16,20,30H,4-7,9,15,17H2,1H3/b19-16-. The number of amides is 1. The quantitative estimate of drug-likeness (QED) is 0.656. The number of piperidine rings is 1. The first kappa shape index (κ1) is 20.7. The van der Waals surface area contributed by atoms with Gasteiger partial charge in [-0.1, -0.05) is 30.3 Å². The Kier molecular flexibility index (Phi) is 5.66. The molecule has 1 aliphatic carbocycles. The molecule has 5 nitrogen and oxygen atoms in total. The van der Waals surface area contributed by atoms with Crippen molar-refractivity contribution in [3.63, 3.8) is 0 Å². The Hall–Kier alpha value is -3.18. The van der Waals surface area contributed by atoms with Crippen molar-refractivity contribution < 1.29 is 14.6 Å². The van der Waals surface area contributed by atoms with Crippen LogP contribution in [-0.2, 0) is 6.42 Å². The monoisotopic (exact) mass is 428 g/mol. The van der Waals surface area contributed by atoms with Crippen LogP contribution in [0.2, 0.25) is 0 Å². The number of aliphatic hydroxyl groups excluding tert-OH is 1. The smallest absolute Gasteiger partial charge is 0.254 e. The highest BCUT2D eigenvalue weighted by atomic mass is 16.5. The first-order valence-corrected chi connectivity index (χ1v) is 11.4. The van der Waals surface area contributed by atoms with E-state index >= 15 is 0 Å². The van der Waals surface area contributed by atoms with E-state index in [0.717, 1.165) is 76.7 Å². The average Bonchev–Trinajstić information content (AvgIpc) is 2.83. The lowest BCUT2D eigenvalue weighted by Crippen LogP contribution is -2.42. The molecule has 0 saturated carbocycles. The molecule has 0 radical (unpaired) electrons. The van der Waals surface area contributed by atoms with E-state index in [1.54, 1.807) is 7.11 Å². The lowest BCUT2D eigenvalue weighted by atomic mass is 9.85. The maximum atomic E-state index is 13.7. The first-order chi connectivity index (χ1) is 15.6. The number of benzene rings is 2. The number of likely N-dealkylation sites (tertiary alicyclic amines) is 1. The molecule has 1 unspecified atom stereocenters. The molecule has 2 heterocycles. The highest BCUT2D eigenvalue weighted by Gasteiger charge is 2.30. The molecule has 1 saturated heterocycles. The van der Waals surface area contributed by atoms with Gasteiger partial charge in [0.2, 0.25) is 0 Å². The van der Waals surface area contributed by atoms with Crippen molar-refractivity contribution in [3.8, 4) is 5.75 Å². The van der Waals surface area contributed by atoms with Crippen LogP contribution in [0.15, 0.2) is 48.5 Å². The third-order valence-corrected chi connectivity index (χ3v) is 6.52. The van der Waals surface area contributed by atoms with Crippen molar-refractivity contribution in [2.75, 3.05) is 20.2 Å². The van der Waals surface area contributed by atoms with Crippen LogP contribution in [0, 0.1) is 0 Å². The largest absolute Gasteiger partial charge is 0.497 e.